The quantitative estimate of drug-likeness (QED) is 0.430. The SMILES string of the molecule is COC(=O)c1ccc(OCC(=O)NC(=O)NCC(F)(F)F)c([N+](=O)[O-])c1. The highest BCUT2D eigenvalue weighted by atomic mass is 19.4. The fourth-order valence-corrected chi connectivity index (χ4v) is 1.56. The van der Waals surface area contributed by atoms with E-state index in [1.54, 1.807) is 5.32 Å². The largest absolute Gasteiger partial charge is 0.477 e. The lowest BCUT2D eigenvalue weighted by molar-refractivity contribution is -0.385. The lowest BCUT2D eigenvalue weighted by atomic mass is 10.2. The summed E-state index contributed by atoms with van der Waals surface area (Å²) in [7, 11) is 1.08. The minimum atomic E-state index is -4.65. The molecule has 0 heterocycles. The zero-order chi connectivity index (χ0) is 19.9. The van der Waals surface area contributed by atoms with Crippen LogP contribution in [0, 0.1) is 10.1 Å². The summed E-state index contributed by atoms with van der Waals surface area (Å²) in [5.41, 5.74) is -0.787. The molecule has 0 saturated heterocycles. The van der Waals surface area contributed by atoms with E-state index in [0.717, 1.165) is 25.3 Å². The van der Waals surface area contributed by atoms with Gasteiger partial charge in [0, 0.05) is 6.07 Å². The van der Waals surface area contributed by atoms with Gasteiger partial charge in [0.15, 0.2) is 12.4 Å². The molecule has 1 aromatic carbocycles. The van der Waals surface area contributed by atoms with Crippen molar-refractivity contribution in [3.05, 3.63) is 33.9 Å². The van der Waals surface area contributed by atoms with Gasteiger partial charge in [-0.25, -0.2) is 9.59 Å². The number of benzene rings is 1. The number of urea groups is 1. The van der Waals surface area contributed by atoms with Crippen LogP contribution in [0.15, 0.2) is 18.2 Å². The Balaban J connectivity index is 2.69. The van der Waals surface area contributed by atoms with Crippen LogP contribution < -0.4 is 15.4 Å². The normalized spacial score (nSPS) is 10.6. The number of methoxy groups -OCH3 is 1. The first kappa shape index (κ1) is 20.7. The molecule has 0 aliphatic heterocycles. The van der Waals surface area contributed by atoms with E-state index in [9.17, 15) is 37.7 Å². The maximum absolute atomic E-state index is 11.9. The number of halogens is 3. The Kier molecular flexibility index (Phi) is 6.87. The number of hydrogen-bond acceptors (Lipinski definition) is 7. The molecule has 1 aromatic rings. The Hall–Kier alpha value is -3.38. The molecule has 0 radical (unpaired) electrons. The van der Waals surface area contributed by atoms with E-state index in [2.05, 4.69) is 4.74 Å². The zero-order valence-electron chi connectivity index (χ0n) is 13.1. The van der Waals surface area contributed by atoms with Gasteiger partial charge in [-0.1, -0.05) is 0 Å². The van der Waals surface area contributed by atoms with Crippen LogP contribution in [0.25, 0.3) is 0 Å². The van der Waals surface area contributed by atoms with Crippen molar-refractivity contribution in [3.63, 3.8) is 0 Å². The zero-order valence-corrected chi connectivity index (χ0v) is 13.1. The molecule has 26 heavy (non-hydrogen) atoms. The maximum Gasteiger partial charge on any atom is 0.405 e. The number of esters is 1. The Morgan fingerprint density at radius 1 is 1.27 bits per heavy atom. The van der Waals surface area contributed by atoms with Crippen molar-refractivity contribution in [2.75, 3.05) is 20.3 Å². The average molecular weight is 379 g/mol. The van der Waals surface area contributed by atoms with Gasteiger partial charge in [-0.15, -0.1) is 0 Å². The summed E-state index contributed by atoms with van der Waals surface area (Å²) in [5, 5.41) is 13.9. The van der Waals surface area contributed by atoms with Crippen LogP contribution in [-0.4, -0.2) is 49.3 Å². The van der Waals surface area contributed by atoms with E-state index in [4.69, 9.17) is 4.74 Å². The second-order valence-electron chi connectivity index (χ2n) is 4.57. The minimum Gasteiger partial charge on any atom is -0.477 e. The number of carbonyl (C=O) groups is 3. The molecule has 3 amide bonds. The fraction of sp³-hybridized carbons (Fsp3) is 0.308. The predicted molar refractivity (Wildman–Crippen MR) is 77.5 cm³/mol. The number of nitro benzene ring substituents is 1. The van der Waals surface area contributed by atoms with Gasteiger partial charge >= 0.3 is 23.9 Å². The number of rotatable bonds is 6. The van der Waals surface area contributed by atoms with E-state index in [1.807, 2.05) is 0 Å². The molecule has 0 bridgehead atoms. The van der Waals surface area contributed by atoms with Crippen molar-refractivity contribution >= 4 is 23.6 Å². The molecular formula is C13H12F3N3O7. The van der Waals surface area contributed by atoms with Crippen LogP contribution in [0.4, 0.5) is 23.7 Å². The lowest BCUT2D eigenvalue weighted by Gasteiger charge is -2.10. The summed E-state index contributed by atoms with van der Waals surface area (Å²) in [6, 6.07) is 1.62. The second kappa shape index (κ2) is 8.64. The molecule has 0 unspecified atom stereocenters. The minimum absolute atomic E-state index is 0.137. The van der Waals surface area contributed by atoms with Crippen LogP contribution in [0.2, 0.25) is 0 Å². The highest BCUT2D eigenvalue weighted by Crippen LogP contribution is 2.28. The van der Waals surface area contributed by atoms with Gasteiger partial charge in [0.1, 0.15) is 6.54 Å². The van der Waals surface area contributed by atoms with E-state index < -0.39 is 53.6 Å². The van der Waals surface area contributed by atoms with Crippen LogP contribution in [0.1, 0.15) is 10.4 Å². The molecule has 0 aliphatic carbocycles. The molecule has 0 saturated carbocycles. The van der Waals surface area contributed by atoms with Gasteiger partial charge in [-0.2, -0.15) is 13.2 Å². The van der Waals surface area contributed by atoms with Crippen molar-refractivity contribution < 1.29 is 42.0 Å². The van der Waals surface area contributed by atoms with Crippen molar-refractivity contribution in [2.45, 2.75) is 6.18 Å². The third-order valence-corrected chi connectivity index (χ3v) is 2.64. The van der Waals surface area contributed by atoms with E-state index in [0.29, 0.717) is 0 Å². The summed E-state index contributed by atoms with van der Waals surface area (Å²) >= 11 is 0. The van der Waals surface area contributed by atoms with E-state index in [1.165, 1.54) is 5.32 Å². The number of carbonyl (C=O) groups excluding carboxylic acids is 3. The summed E-state index contributed by atoms with van der Waals surface area (Å²) in [4.78, 5) is 44.0. The molecular weight excluding hydrogens is 367 g/mol. The van der Waals surface area contributed by atoms with Gasteiger partial charge < -0.3 is 14.8 Å². The first-order valence-electron chi connectivity index (χ1n) is 6.67. The summed E-state index contributed by atoms with van der Waals surface area (Å²) in [6.07, 6.45) is -4.65. The maximum atomic E-state index is 11.9. The molecule has 0 aliphatic rings. The topological polar surface area (TPSA) is 137 Å². The Morgan fingerprint density at radius 2 is 1.92 bits per heavy atom. The predicted octanol–water partition coefficient (Wildman–Crippen LogP) is 1.15. The second-order valence-corrected chi connectivity index (χ2v) is 4.57. The highest BCUT2D eigenvalue weighted by molar-refractivity contribution is 5.95. The molecule has 2 N–H and O–H groups in total. The number of imide groups is 1. The van der Waals surface area contributed by atoms with Gasteiger partial charge in [0.2, 0.25) is 0 Å². The van der Waals surface area contributed by atoms with Crippen molar-refractivity contribution in [1.29, 1.82) is 0 Å². The fourth-order valence-electron chi connectivity index (χ4n) is 1.56. The number of nitro groups is 1. The van der Waals surface area contributed by atoms with E-state index in [-0.39, 0.29) is 5.56 Å². The van der Waals surface area contributed by atoms with E-state index >= 15 is 0 Å². The molecule has 0 atom stereocenters. The van der Waals surface area contributed by atoms with Gasteiger partial charge in [-0.3, -0.25) is 20.2 Å². The number of ether oxygens (including phenoxy) is 2. The number of alkyl halides is 3. The monoisotopic (exact) mass is 379 g/mol. The van der Waals surface area contributed by atoms with Crippen molar-refractivity contribution in [3.8, 4) is 5.75 Å². The van der Waals surface area contributed by atoms with Crippen LogP contribution in [0.5, 0.6) is 5.75 Å². The molecule has 0 spiro atoms. The lowest BCUT2D eigenvalue weighted by Crippen LogP contribution is -2.44. The van der Waals surface area contributed by atoms with Crippen LogP contribution in [-0.2, 0) is 9.53 Å². The molecule has 1 rings (SSSR count). The summed E-state index contributed by atoms with van der Waals surface area (Å²) < 4.78 is 45.0. The standard InChI is InChI=1S/C13H12F3N3O7/c1-25-11(21)7-2-3-9(8(4-7)19(23)24)26-5-10(20)18-12(22)17-6-13(14,15)16/h2-4H,5-6H2,1H3,(H2,17,18,20,22). The van der Waals surface area contributed by atoms with Crippen LogP contribution >= 0.6 is 0 Å². The van der Waals surface area contributed by atoms with Crippen molar-refractivity contribution in [2.24, 2.45) is 0 Å². The third-order valence-electron chi connectivity index (χ3n) is 2.64. The number of nitrogens with one attached hydrogen (secondary N) is 2. The Labute approximate surface area is 143 Å². The summed E-state index contributed by atoms with van der Waals surface area (Å²) in [6.45, 7) is -2.54. The van der Waals surface area contributed by atoms with Gasteiger partial charge in [-0.05, 0) is 12.1 Å². The molecule has 10 nitrogen and oxygen atoms in total. The summed E-state index contributed by atoms with van der Waals surface area (Å²) in [5.74, 6) is -2.37. The Morgan fingerprint density at radius 3 is 2.46 bits per heavy atom. The first-order valence-corrected chi connectivity index (χ1v) is 6.67. The molecule has 13 heteroatoms. The smallest absolute Gasteiger partial charge is 0.405 e. The van der Waals surface area contributed by atoms with Crippen LogP contribution in [0.3, 0.4) is 0 Å². The molecule has 0 aromatic heterocycles. The molecule has 142 valence electrons. The van der Waals surface area contributed by atoms with Gasteiger partial charge in [0.05, 0.1) is 17.6 Å². The van der Waals surface area contributed by atoms with Gasteiger partial charge in [0.25, 0.3) is 5.91 Å². The third kappa shape index (κ3) is 6.62. The highest BCUT2D eigenvalue weighted by Gasteiger charge is 2.28. The van der Waals surface area contributed by atoms with Crippen molar-refractivity contribution in [1.82, 2.24) is 10.6 Å². The number of nitrogens with zero attached hydrogens (tertiary/aromatic N) is 1. The first-order chi connectivity index (χ1) is 12.0. The Bertz CT molecular complexity index is 721. The average Bonchev–Trinajstić information content (AvgIpc) is 2.56. The number of amides is 3. The number of hydrogen-bond donors (Lipinski definition) is 2. The molecule has 0 fully saturated rings.